The third kappa shape index (κ3) is 3.31. The first-order valence-corrected chi connectivity index (χ1v) is 7.44. The average Bonchev–Trinajstić information content (AvgIpc) is 2.56. The van der Waals surface area contributed by atoms with Gasteiger partial charge in [0.15, 0.2) is 5.82 Å². The van der Waals surface area contributed by atoms with Crippen molar-refractivity contribution in [2.24, 2.45) is 11.1 Å². The highest BCUT2D eigenvalue weighted by atomic mass is 35.5. The van der Waals surface area contributed by atoms with E-state index in [0.717, 1.165) is 0 Å². The lowest BCUT2D eigenvalue weighted by Gasteiger charge is -2.17. The van der Waals surface area contributed by atoms with E-state index in [4.69, 9.17) is 22.5 Å². The van der Waals surface area contributed by atoms with Gasteiger partial charge in [-0.2, -0.15) is 4.98 Å². The number of carbonyl (C=O) groups excluding carboxylic acids is 1. The summed E-state index contributed by atoms with van der Waals surface area (Å²) in [7, 11) is -3.62. The Balaban J connectivity index is 2.20. The summed E-state index contributed by atoms with van der Waals surface area (Å²) < 4.78 is 22.1. The van der Waals surface area contributed by atoms with Gasteiger partial charge in [0.2, 0.25) is 21.2 Å². The van der Waals surface area contributed by atoms with E-state index in [0.29, 0.717) is 5.69 Å². The molecule has 8 nitrogen and oxygen atoms in total. The number of halogens is 1. The Morgan fingerprint density at radius 3 is 2.79 bits per heavy atom. The van der Waals surface area contributed by atoms with Gasteiger partial charge in [-0.3, -0.25) is 4.79 Å². The predicted octanol–water partition coefficient (Wildman–Crippen LogP) is -0.646. The molecule has 1 unspecified atom stereocenters. The predicted molar refractivity (Wildman–Crippen MR) is 69.9 cm³/mol. The number of nitrogen functional groups attached to an aromatic ring is 1. The molecule has 0 bridgehead atoms. The summed E-state index contributed by atoms with van der Waals surface area (Å²) in [6.07, 6.45) is 1.43. The van der Waals surface area contributed by atoms with Crippen LogP contribution in [-0.4, -0.2) is 36.6 Å². The fourth-order valence-electron chi connectivity index (χ4n) is 2.03. The van der Waals surface area contributed by atoms with Gasteiger partial charge in [0.25, 0.3) is 0 Å². The number of hydrogen-bond donors (Lipinski definition) is 2. The maximum Gasteiger partial charge on any atom is 0.227 e. The third-order valence-corrected chi connectivity index (χ3v) is 3.85. The molecular formula is C9H12ClN5O3S. The van der Waals surface area contributed by atoms with Crippen LogP contribution >= 0.6 is 11.6 Å². The fraction of sp³-hybridized carbons (Fsp3) is 0.444. The molecule has 0 saturated carbocycles. The molecule has 10 heteroatoms. The summed E-state index contributed by atoms with van der Waals surface area (Å²) in [5.74, 6) is -0.780. The van der Waals surface area contributed by atoms with Crippen molar-refractivity contribution in [2.75, 3.05) is 22.9 Å². The molecule has 1 aliphatic rings. The number of anilines is 2. The molecule has 0 aromatic carbocycles. The molecule has 19 heavy (non-hydrogen) atoms. The van der Waals surface area contributed by atoms with Crippen molar-refractivity contribution in [3.05, 3.63) is 11.5 Å². The second kappa shape index (κ2) is 4.91. The summed E-state index contributed by atoms with van der Waals surface area (Å²) >= 11 is 5.57. The molecule has 1 fully saturated rings. The van der Waals surface area contributed by atoms with Crippen molar-refractivity contribution >= 4 is 39.0 Å². The standard InChI is InChI=1S/C9H12ClN5O3S/c10-9-13-2-6(8(11)14-9)15-3-5(1-7(15)16)4-19(12,17)18/h2,5H,1,3-4H2,(H2,11,13,14)(H2,12,17,18). The Morgan fingerprint density at radius 2 is 2.21 bits per heavy atom. The molecule has 0 spiro atoms. The minimum atomic E-state index is -3.62. The van der Waals surface area contributed by atoms with E-state index in [1.165, 1.54) is 11.1 Å². The van der Waals surface area contributed by atoms with Crippen molar-refractivity contribution in [1.82, 2.24) is 9.97 Å². The maximum absolute atomic E-state index is 11.9. The molecule has 1 atom stereocenters. The summed E-state index contributed by atoms with van der Waals surface area (Å²) in [6.45, 7) is 0.213. The lowest BCUT2D eigenvalue weighted by Crippen LogP contribution is -2.28. The molecule has 1 amide bonds. The van der Waals surface area contributed by atoms with Crippen LogP contribution in [0.5, 0.6) is 0 Å². The molecule has 1 aromatic heterocycles. The van der Waals surface area contributed by atoms with Gasteiger partial charge in [0.1, 0.15) is 5.69 Å². The van der Waals surface area contributed by atoms with Gasteiger partial charge in [-0.15, -0.1) is 0 Å². The first-order chi connectivity index (χ1) is 8.76. The van der Waals surface area contributed by atoms with Gasteiger partial charge in [-0.05, 0) is 11.6 Å². The van der Waals surface area contributed by atoms with E-state index in [2.05, 4.69) is 9.97 Å². The number of rotatable bonds is 3. The monoisotopic (exact) mass is 305 g/mol. The van der Waals surface area contributed by atoms with E-state index in [9.17, 15) is 13.2 Å². The van der Waals surface area contributed by atoms with Gasteiger partial charge < -0.3 is 10.6 Å². The maximum atomic E-state index is 11.9. The van der Waals surface area contributed by atoms with Crippen LogP contribution in [0, 0.1) is 5.92 Å². The van der Waals surface area contributed by atoms with Crippen LogP contribution in [0.1, 0.15) is 6.42 Å². The number of amides is 1. The molecule has 2 rings (SSSR count). The number of nitrogens with two attached hydrogens (primary N) is 2. The van der Waals surface area contributed by atoms with Crippen LogP contribution in [0.25, 0.3) is 0 Å². The van der Waals surface area contributed by atoms with E-state index >= 15 is 0 Å². The van der Waals surface area contributed by atoms with Crippen LogP contribution in [0.15, 0.2) is 6.20 Å². The molecule has 1 aliphatic heterocycles. The van der Waals surface area contributed by atoms with Crippen LogP contribution in [0.4, 0.5) is 11.5 Å². The summed E-state index contributed by atoms with van der Waals surface area (Å²) in [4.78, 5) is 20.7. The lowest BCUT2D eigenvalue weighted by atomic mass is 10.1. The van der Waals surface area contributed by atoms with Crippen molar-refractivity contribution in [1.29, 1.82) is 0 Å². The Morgan fingerprint density at radius 1 is 1.53 bits per heavy atom. The summed E-state index contributed by atoms with van der Waals surface area (Å²) in [5, 5.41) is 4.95. The van der Waals surface area contributed by atoms with Crippen LogP contribution in [-0.2, 0) is 14.8 Å². The van der Waals surface area contributed by atoms with Crippen molar-refractivity contribution < 1.29 is 13.2 Å². The Kier molecular flexibility index (Phi) is 3.61. The SMILES string of the molecule is Nc1nc(Cl)ncc1N1CC(CS(N)(=O)=O)CC1=O. The molecule has 2 heterocycles. The zero-order valence-electron chi connectivity index (χ0n) is 9.78. The minimum absolute atomic E-state index is 0.0195. The van der Waals surface area contributed by atoms with Gasteiger partial charge in [-0.1, -0.05) is 0 Å². The van der Waals surface area contributed by atoms with Crippen molar-refractivity contribution in [3.8, 4) is 0 Å². The molecule has 1 saturated heterocycles. The number of carbonyl (C=O) groups is 1. The zero-order valence-corrected chi connectivity index (χ0v) is 11.4. The zero-order chi connectivity index (χ0) is 14.2. The van der Waals surface area contributed by atoms with Crippen LogP contribution in [0.2, 0.25) is 5.28 Å². The molecule has 0 aliphatic carbocycles. The Bertz CT molecular complexity index is 620. The minimum Gasteiger partial charge on any atom is -0.382 e. The third-order valence-electron chi connectivity index (χ3n) is 2.73. The Labute approximate surface area is 114 Å². The van der Waals surface area contributed by atoms with Gasteiger partial charge >= 0.3 is 0 Å². The topological polar surface area (TPSA) is 132 Å². The largest absolute Gasteiger partial charge is 0.382 e. The van der Waals surface area contributed by atoms with E-state index in [1.54, 1.807) is 0 Å². The van der Waals surface area contributed by atoms with Crippen molar-refractivity contribution in [3.63, 3.8) is 0 Å². The number of hydrogen-bond acceptors (Lipinski definition) is 6. The highest BCUT2D eigenvalue weighted by molar-refractivity contribution is 7.89. The molecular weight excluding hydrogens is 294 g/mol. The van der Waals surface area contributed by atoms with E-state index < -0.39 is 10.0 Å². The average molecular weight is 306 g/mol. The summed E-state index contributed by atoms with van der Waals surface area (Å²) in [6, 6.07) is 0. The van der Waals surface area contributed by atoms with Crippen molar-refractivity contribution in [2.45, 2.75) is 6.42 Å². The smallest absolute Gasteiger partial charge is 0.227 e. The van der Waals surface area contributed by atoms with Crippen LogP contribution in [0.3, 0.4) is 0 Å². The fourth-order valence-corrected chi connectivity index (χ4v) is 3.05. The summed E-state index contributed by atoms with van der Waals surface area (Å²) in [5.41, 5.74) is 5.99. The molecule has 4 N–H and O–H groups in total. The number of primary sulfonamides is 1. The van der Waals surface area contributed by atoms with E-state index in [-0.39, 0.29) is 41.6 Å². The second-order valence-electron chi connectivity index (χ2n) is 4.31. The molecule has 1 aromatic rings. The van der Waals surface area contributed by atoms with E-state index in [1.807, 2.05) is 0 Å². The highest BCUT2D eigenvalue weighted by Gasteiger charge is 2.34. The first-order valence-electron chi connectivity index (χ1n) is 5.35. The van der Waals surface area contributed by atoms with Gasteiger partial charge in [0, 0.05) is 18.9 Å². The van der Waals surface area contributed by atoms with Gasteiger partial charge in [-0.25, -0.2) is 18.5 Å². The van der Waals surface area contributed by atoms with Gasteiger partial charge in [0.05, 0.1) is 11.9 Å². The quantitative estimate of drug-likeness (QED) is 0.713. The highest BCUT2D eigenvalue weighted by Crippen LogP contribution is 2.29. The second-order valence-corrected chi connectivity index (χ2v) is 6.31. The number of nitrogens with zero attached hydrogens (tertiary/aromatic N) is 3. The first kappa shape index (κ1) is 14.0. The molecule has 104 valence electrons. The number of aromatic nitrogens is 2. The molecule has 0 radical (unpaired) electrons. The Hall–Kier alpha value is -1.45. The normalized spacial score (nSPS) is 20.0. The lowest BCUT2D eigenvalue weighted by molar-refractivity contribution is -0.117. The number of sulfonamides is 1. The van der Waals surface area contributed by atoms with Crippen LogP contribution < -0.4 is 15.8 Å².